The van der Waals surface area contributed by atoms with Crippen LogP contribution in [0.2, 0.25) is 0 Å². The van der Waals surface area contributed by atoms with Gasteiger partial charge in [-0.05, 0) is 31.2 Å². The highest BCUT2D eigenvalue weighted by Gasteiger charge is 2.25. The normalized spacial score (nSPS) is 29.5. The molecule has 0 spiro atoms. The van der Waals surface area contributed by atoms with E-state index < -0.39 is 0 Å². The van der Waals surface area contributed by atoms with Crippen LogP contribution in [0.1, 0.15) is 46.0 Å². The zero-order chi connectivity index (χ0) is 10.4. The fraction of sp³-hybridized carbons (Fsp3) is 0.846. The zero-order valence-corrected chi connectivity index (χ0v) is 9.55. The number of nitrogens with one attached hydrogen (secondary N) is 1. The van der Waals surface area contributed by atoms with E-state index in [1.54, 1.807) is 0 Å². The molecule has 3 atom stereocenters. The van der Waals surface area contributed by atoms with Crippen molar-refractivity contribution in [1.29, 1.82) is 0 Å². The summed E-state index contributed by atoms with van der Waals surface area (Å²) in [5.41, 5.74) is 0. The highest BCUT2D eigenvalue weighted by atomic mass is 14.9. The number of hydrogen-bond donors (Lipinski definition) is 1. The van der Waals surface area contributed by atoms with E-state index in [4.69, 9.17) is 6.42 Å². The molecule has 1 N–H and O–H groups in total. The molecule has 3 unspecified atom stereocenters. The van der Waals surface area contributed by atoms with Crippen LogP contribution in [-0.4, -0.2) is 12.6 Å². The van der Waals surface area contributed by atoms with Gasteiger partial charge in [0.15, 0.2) is 0 Å². The summed E-state index contributed by atoms with van der Waals surface area (Å²) < 4.78 is 0. The number of hydrogen-bond acceptors (Lipinski definition) is 1. The average Bonchev–Trinajstić information content (AvgIpc) is 2.17. The van der Waals surface area contributed by atoms with Crippen molar-refractivity contribution >= 4 is 0 Å². The minimum absolute atomic E-state index is 0.563. The van der Waals surface area contributed by atoms with Gasteiger partial charge in [-0.1, -0.05) is 26.7 Å². The third-order valence-corrected chi connectivity index (χ3v) is 3.35. The van der Waals surface area contributed by atoms with Crippen LogP contribution in [-0.2, 0) is 0 Å². The molecule has 14 heavy (non-hydrogen) atoms. The van der Waals surface area contributed by atoms with Crippen molar-refractivity contribution < 1.29 is 0 Å². The van der Waals surface area contributed by atoms with Crippen molar-refractivity contribution in [2.75, 3.05) is 6.54 Å². The molecule has 80 valence electrons. The molecule has 1 fully saturated rings. The van der Waals surface area contributed by atoms with Gasteiger partial charge in [0, 0.05) is 12.5 Å². The smallest absolute Gasteiger partial charge is 0.0243 e. The minimum Gasteiger partial charge on any atom is -0.313 e. The second-order valence-electron chi connectivity index (χ2n) is 4.60. The first-order valence-corrected chi connectivity index (χ1v) is 5.94. The van der Waals surface area contributed by atoms with Crippen molar-refractivity contribution in [3.8, 4) is 12.3 Å². The van der Waals surface area contributed by atoms with Crippen LogP contribution in [0.5, 0.6) is 0 Å². The largest absolute Gasteiger partial charge is 0.313 e. The Labute approximate surface area is 88.7 Å². The Balaban J connectivity index is 2.45. The Bertz CT molecular complexity index is 192. The van der Waals surface area contributed by atoms with Crippen LogP contribution in [0.15, 0.2) is 0 Å². The van der Waals surface area contributed by atoms with Gasteiger partial charge >= 0.3 is 0 Å². The van der Waals surface area contributed by atoms with E-state index in [0.717, 1.165) is 24.8 Å². The highest BCUT2D eigenvalue weighted by Crippen LogP contribution is 2.31. The van der Waals surface area contributed by atoms with E-state index in [1.165, 1.54) is 25.7 Å². The fourth-order valence-electron chi connectivity index (χ4n) is 2.64. The molecule has 0 amide bonds. The second-order valence-corrected chi connectivity index (χ2v) is 4.60. The van der Waals surface area contributed by atoms with E-state index >= 15 is 0 Å². The topological polar surface area (TPSA) is 12.0 Å². The lowest BCUT2D eigenvalue weighted by atomic mass is 9.78. The molecule has 1 saturated carbocycles. The van der Waals surface area contributed by atoms with Gasteiger partial charge in [0.05, 0.1) is 0 Å². The molecule has 1 aliphatic rings. The standard InChI is InChI=1S/C13H23N/c1-4-7-13(14-5-2)12-9-6-8-11(3)10-12/h1,11-14H,5-10H2,2-3H3. The molecule has 0 bridgehead atoms. The SMILES string of the molecule is C#CCC(NCC)C1CCCC(C)C1. The minimum atomic E-state index is 0.563. The lowest BCUT2D eigenvalue weighted by Crippen LogP contribution is -2.38. The Morgan fingerprint density at radius 2 is 2.29 bits per heavy atom. The van der Waals surface area contributed by atoms with Crippen molar-refractivity contribution in [2.24, 2.45) is 11.8 Å². The molecular formula is C13H23N. The van der Waals surface area contributed by atoms with Gasteiger partial charge in [0.2, 0.25) is 0 Å². The average molecular weight is 193 g/mol. The van der Waals surface area contributed by atoms with E-state index in [1.807, 2.05) is 0 Å². The van der Waals surface area contributed by atoms with Gasteiger partial charge < -0.3 is 5.32 Å². The second kappa shape index (κ2) is 6.09. The predicted molar refractivity (Wildman–Crippen MR) is 62.0 cm³/mol. The molecule has 0 aromatic rings. The summed E-state index contributed by atoms with van der Waals surface area (Å²) in [5.74, 6) is 4.51. The molecule has 0 saturated heterocycles. The molecule has 0 heterocycles. The molecule has 1 aliphatic carbocycles. The quantitative estimate of drug-likeness (QED) is 0.677. The van der Waals surface area contributed by atoms with Crippen LogP contribution in [0.25, 0.3) is 0 Å². The Morgan fingerprint density at radius 3 is 2.86 bits per heavy atom. The summed E-state index contributed by atoms with van der Waals surface area (Å²) in [5, 5.41) is 3.53. The van der Waals surface area contributed by atoms with Gasteiger partial charge in [0.25, 0.3) is 0 Å². The van der Waals surface area contributed by atoms with E-state index in [0.29, 0.717) is 6.04 Å². The van der Waals surface area contributed by atoms with Gasteiger partial charge in [-0.25, -0.2) is 0 Å². The van der Waals surface area contributed by atoms with Gasteiger partial charge in [-0.15, -0.1) is 12.3 Å². The van der Waals surface area contributed by atoms with E-state index in [-0.39, 0.29) is 0 Å². The van der Waals surface area contributed by atoms with Crippen molar-refractivity contribution in [3.63, 3.8) is 0 Å². The monoisotopic (exact) mass is 193 g/mol. The first-order valence-electron chi connectivity index (χ1n) is 5.94. The van der Waals surface area contributed by atoms with Crippen LogP contribution in [0.3, 0.4) is 0 Å². The summed E-state index contributed by atoms with van der Waals surface area (Å²) in [6, 6.07) is 0.563. The first-order chi connectivity index (χ1) is 6.77. The van der Waals surface area contributed by atoms with Crippen LogP contribution < -0.4 is 5.32 Å². The lowest BCUT2D eigenvalue weighted by Gasteiger charge is -2.32. The summed E-state index contributed by atoms with van der Waals surface area (Å²) in [4.78, 5) is 0. The van der Waals surface area contributed by atoms with Crippen LogP contribution in [0.4, 0.5) is 0 Å². The first kappa shape index (κ1) is 11.6. The van der Waals surface area contributed by atoms with Gasteiger partial charge in [0.1, 0.15) is 0 Å². The summed E-state index contributed by atoms with van der Waals surface area (Å²) in [6.07, 6.45) is 11.8. The maximum absolute atomic E-state index is 5.41. The summed E-state index contributed by atoms with van der Waals surface area (Å²) in [7, 11) is 0. The van der Waals surface area contributed by atoms with Crippen molar-refractivity contribution in [2.45, 2.75) is 52.0 Å². The molecule has 1 nitrogen and oxygen atoms in total. The lowest BCUT2D eigenvalue weighted by molar-refractivity contribution is 0.225. The third-order valence-electron chi connectivity index (χ3n) is 3.35. The molecule has 0 aliphatic heterocycles. The van der Waals surface area contributed by atoms with Gasteiger partial charge in [-0.3, -0.25) is 0 Å². The van der Waals surface area contributed by atoms with Crippen LogP contribution >= 0.6 is 0 Å². The maximum atomic E-state index is 5.41. The molecule has 0 aromatic heterocycles. The molecule has 1 rings (SSSR count). The Kier molecular flexibility index (Phi) is 5.04. The highest BCUT2D eigenvalue weighted by molar-refractivity contribution is 4.93. The van der Waals surface area contributed by atoms with Crippen LogP contribution in [0, 0.1) is 24.2 Å². The molecular weight excluding hydrogens is 170 g/mol. The Morgan fingerprint density at radius 1 is 1.50 bits per heavy atom. The molecule has 0 aromatic carbocycles. The van der Waals surface area contributed by atoms with Gasteiger partial charge in [-0.2, -0.15) is 0 Å². The Hall–Kier alpha value is -0.480. The number of rotatable bonds is 4. The predicted octanol–water partition coefficient (Wildman–Crippen LogP) is 2.81. The summed E-state index contributed by atoms with van der Waals surface area (Å²) >= 11 is 0. The molecule has 0 radical (unpaired) electrons. The van der Waals surface area contributed by atoms with E-state index in [9.17, 15) is 0 Å². The fourth-order valence-corrected chi connectivity index (χ4v) is 2.64. The van der Waals surface area contributed by atoms with Crippen molar-refractivity contribution in [1.82, 2.24) is 5.32 Å². The summed E-state index contributed by atoms with van der Waals surface area (Å²) in [6.45, 7) is 5.57. The maximum Gasteiger partial charge on any atom is 0.0243 e. The number of terminal acetylenes is 1. The third kappa shape index (κ3) is 3.35. The van der Waals surface area contributed by atoms with E-state index in [2.05, 4.69) is 25.1 Å². The molecule has 1 heteroatoms. The zero-order valence-electron chi connectivity index (χ0n) is 9.55. The van der Waals surface area contributed by atoms with Crippen molar-refractivity contribution in [3.05, 3.63) is 0 Å².